The van der Waals surface area contributed by atoms with Crippen molar-refractivity contribution in [2.24, 2.45) is 0 Å². The molecule has 0 saturated heterocycles. The smallest absolute Gasteiger partial charge is 0.0891 e. The molecule has 14 heteroatoms. The highest BCUT2D eigenvalue weighted by molar-refractivity contribution is 14.1. The van der Waals surface area contributed by atoms with E-state index in [0.717, 1.165) is 68.7 Å². The Morgan fingerprint density at radius 2 is 0.424 bits per heavy atom. The molecule has 0 atom stereocenters. The molecule has 0 radical (unpaired) electrons. The van der Waals surface area contributed by atoms with Gasteiger partial charge in [0, 0.05) is 52.7 Å². The zero-order chi connectivity index (χ0) is 70.9. The molecule has 0 saturated carbocycles. The number of alkyl halides is 10. The lowest BCUT2D eigenvalue weighted by molar-refractivity contribution is 0.0538. The van der Waals surface area contributed by atoms with Crippen molar-refractivity contribution < 1.29 is 23.3 Å². The molecule has 0 aromatic rings. The molecule has 0 unspecified atom stereocenters. The standard InChI is InChI=1S/C13H27Br.C13H27I.C9H19Cl.C9H19I.C7H15BrO2.C7H15Br.C7H15ClO2.C7H15Cl.C3H7Cl.C3H7F/c2*1-2-3-4-5-6-7-8-9-10-11-12-13-14;2*1-2-3-4-5-6-7-8-9-10;1-2-4-9-6-7-10-5-3-8;1-2-3-4-5-6-7-8;1-2-4-9-6-7-10-5-3-8;1-2-3-4-5-6-7-8;2*1-2-3-4/h2*2-13H2,1H3;2*2-9H2,1H3;2-7H2,1H3;2-7H2,1H3;2-7H2,1H3;2-7H2,1H3;2*2-3H2,1H3. The Morgan fingerprint density at radius 3 is 0.598 bits per heavy atom. The number of unbranched alkanes of at least 4 members (excludes halogenated alkanes) is 40. The van der Waals surface area contributed by atoms with E-state index in [1.165, 1.54) is 315 Å². The molecule has 0 aromatic heterocycles. The Labute approximate surface area is 654 Å². The molecular weight excluding hydrogens is 1660 g/mol. The van der Waals surface area contributed by atoms with E-state index in [0.29, 0.717) is 38.7 Å². The third-order valence-corrected chi connectivity index (χ3v) is 17.7. The molecule has 0 aliphatic heterocycles. The summed E-state index contributed by atoms with van der Waals surface area (Å²) in [7, 11) is 0. The minimum atomic E-state index is -0.181. The first-order valence-corrected chi connectivity index (χ1v) is 47.6. The summed E-state index contributed by atoms with van der Waals surface area (Å²) in [6, 6.07) is 0. The first-order chi connectivity index (χ1) is 45.1. The second kappa shape index (κ2) is 145. The predicted octanol–water partition coefficient (Wildman–Crippen LogP) is 32.6. The summed E-state index contributed by atoms with van der Waals surface area (Å²) in [6.07, 6.45) is 68.8. The second-order valence-electron chi connectivity index (χ2n) is 23.5. The summed E-state index contributed by atoms with van der Waals surface area (Å²) in [6.45, 7) is 27.2. The van der Waals surface area contributed by atoms with E-state index in [1.54, 1.807) is 6.92 Å². The van der Waals surface area contributed by atoms with E-state index in [4.69, 9.17) is 65.4 Å². The Kier molecular flexibility index (Phi) is 185. The Hall–Kier alpha value is 3.83. The van der Waals surface area contributed by atoms with Crippen molar-refractivity contribution in [1.82, 2.24) is 0 Å². The Morgan fingerprint density at radius 1 is 0.217 bits per heavy atom. The summed E-state index contributed by atoms with van der Waals surface area (Å²) in [5.74, 6) is 3.03. The van der Waals surface area contributed by atoms with Gasteiger partial charge in [0.2, 0.25) is 0 Å². The summed E-state index contributed by atoms with van der Waals surface area (Å²) >= 11 is 36.6. The molecule has 572 valence electrons. The summed E-state index contributed by atoms with van der Waals surface area (Å²) in [5.41, 5.74) is 0. The van der Waals surface area contributed by atoms with Crippen LogP contribution in [0.4, 0.5) is 4.39 Å². The van der Waals surface area contributed by atoms with Crippen LogP contribution in [0.1, 0.15) is 390 Å². The zero-order valence-corrected chi connectivity index (χ0v) is 75.6. The van der Waals surface area contributed by atoms with Gasteiger partial charge in [-0.05, 0) is 73.1 Å². The molecule has 0 aliphatic carbocycles. The van der Waals surface area contributed by atoms with Crippen LogP contribution in [0.25, 0.3) is 0 Å². The lowest BCUT2D eigenvalue weighted by Gasteiger charge is -2.01. The van der Waals surface area contributed by atoms with Crippen LogP contribution < -0.4 is 0 Å². The minimum absolute atomic E-state index is 0.181. The molecule has 0 fully saturated rings. The third-order valence-electron chi connectivity index (χ3n) is 13.7. The van der Waals surface area contributed by atoms with E-state index >= 15 is 0 Å². The van der Waals surface area contributed by atoms with E-state index in [-0.39, 0.29) is 6.67 Å². The first-order valence-electron chi connectivity index (χ1n) is 39.1. The lowest BCUT2D eigenvalue weighted by atomic mass is 10.1. The van der Waals surface area contributed by atoms with Gasteiger partial charge in [-0.1, -0.05) is 419 Å². The monoisotopic (exact) mass is 1820 g/mol. The molecule has 0 N–H and O–H groups in total. The predicted molar refractivity (Wildman–Crippen MR) is 459 cm³/mol. The average molecular weight is 1820 g/mol. The van der Waals surface area contributed by atoms with E-state index < -0.39 is 0 Å². The third kappa shape index (κ3) is 187. The van der Waals surface area contributed by atoms with Gasteiger partial charge in [-0.15, -0.1) is 46.4 Å². The van der Waals surface area contributed by atoms with Gasteiger partial charge in [0.15, 0.2) is 0 Å². The average Bonchev–Trinajstić information content (AvgIpc) is 3.58. The topological polar surface area (TPSA) is 36.9 Å². The van der Waals surface area contributed by atoms with Crippen molar-refractivity contribution in [2.45, 2.75) is 390 Å². The Balaban J connectivity index is -0.000000103. The lowest BCUT2D eigenvalue weighted by Crippen LogP contribution is -2.06. The summed E-state index contributed by atoms with van der Waals surface area (Å²) < 4.78 is 34.0. The van der Waals surface area contributed by atoms with Gasteiger partial charge in [-0.3, -0.25) is 4.39 Å². The normalized spacial score (nSPS) is 10.0. The van der Waals surface area contributed by atoms with Crippen molar-refractivity contribution in [2.75, 3.05) is 108 Å². The second-order valence-corrected chi connectivity index (χ2v) is 29.5. The van der Waals surface area contributed by atoms with E-state index in [1.807, 2.05) is 6.92 Å². The highest BCUT2D eigenvalue weighted by atomic mass is 127. The molecule has 0 aliphatic rings. The number of rotatable bonds is 62. The van der Waals surface area contributed by atoms with Crippen LogP contribution in [-0.4, -0.2) is 108 Å². The SMILES string of the molecule is CCCCCCCBr.CCCCCCCCCCCCCBr.CCCCCCCCCCCCCI.CCCCCCCCCCl.CCCCCCCCCI.CCCCCCCCl.CCCCl.CCCF.CCCOCCOCCBr.CCCOCCOCCCl. The van der Waals surface area contributed by atoms with Crippen LogP contribution in [0.5, 0.6) is 0 Å². The summed E-state index contributed by atoms with van der Waals surface area (Å²) in [4.78, 5) is 0. The number of halogens is 10. The largest absolute Gasteiger partial charge is 0.379 e. The fraction of sp³-hybridized carbons (Fsp3) is 1.00. The molecule has 0 spiro atoms. The van der Waals surface area contributed by atoms with Gasteiger partial charge < -0.3 is 18.9 Å². The van der Waals surface area contributed by atoms with Crippen LogP contribution in [0, 0.1) is 0 Å². The van der Waals surface area contributed by atoms with Crippen molar-refractivity contribution in [3.63, 3.8) is 0 Å². The molecule has 0 rings (SSSR count). The van der Waals surface area contributed by atoms with Crippen LogP contribution in [-0.2, 0) is 18.9 Å². The zero-order valence-electron chi connectivity index (χ0n) is 63.5. The maximum absolute atomic E-state index is 10.7. The fourth-order valence-corrected chi connectivity index (χ4v) is 10.6. The number of hydrogen-bond acceptors (Lipinski definition) is 4. The van der Waals surface area contributed by atoms with Crippen molar-refractivity contribution >= 4 is 139 Å². The summed E-state index contributed by atoms with van der Waals surface area (Å²) in [5, 5.41) is 3.27. The molecule has 0 bridgehead atoms. The van der Waals surface area contributed by atoms with Gasteiger partial charge in [-0.25, -0.2) is 0 Å². The molecule has 0 aromatic carbocycles. The van der Waals surface area contributed by atoms with Gasteiger partial charge in [0.25, 0.3) is 0 Å². The highest BCUT2D eigenvalue weighted by Crippen LogP contribution is 2.14. The van der Waals surface area contributed by atoms with Crippen LogP contribution in [0.15, 0.2) is 0 Å². The number of hydrogen-bond donors (Lipinski definition) is 0. The molecule has 0 amide bonds. The van der Waals surface area contributed by atoms with E-state index in [2.05, 4.69) is 148 Å². The fourth-order valence-electron chi connectivity index (χ4n) is 8.06. The van der Waals surface area contributed by atoms with Gasteiger partial charge in [0.1, 0.15) is 0 Å². The maximum atomic E-state index is 10.7. The number of ether oxygens (including phenoxy) is 4. The van der Waals surface area contributed by atoms with Crippen molar-refractivity contribution in [3.05, 3.63) is 0 Å². The molecule has 4 nitrogen and oxygen atoms in total. The van der Waals surface area contributed by atoms with Gasteiger partial charge in [0.05, 0.1) is 46.3 Å². The molecule has 92 heavy (non-hydrogen) atoms. The Bertz CT molecular complexity index is 800. The van der Waals surface area contributed by atoms with Gasteiger partial charge in [-0.2, -0.15) is 0 Å². The van der Waals surface area contributed by atoms with Gasteiger partial charge >= 0.3 is 0 Å². The van der Waals surface area contributed by atoms with Crippen LogP contribution in [0.2, 0.25) is 0 Å². The molecular formula is C78H166Br3Cl4FI2O4. The molecule has 0 heterocycles. The van der Waals surface area contributed by atoms with Crippen molar-refractivity contribution in [1.29, 1.82) is 0 Å². The minimum Gasteiger partial charge on any atom is -0.379 e. The highest BCUT2D eigenvalue weighted by Gasteiger charge is 1.95. The first kappa shape index (κ1) is 117. The maximum Gasteiger partial charge on any atom is 0.0891 e. The van der Waals surface area contributed by atoms with Crippen molar-refractivity contribution in [3.8, 4) is 0 Å². The van der Waals surface area contributed by atoms with E-state index in [9.17, 15) is 4.39 Å². The van der Waals surface area contributed by atoms with Crippen LogP contribution >= 0.6 is 139 Å². The van der Waals surface area contributed by atoms with Crippen LogP contribution in [0.3, 0.4) is 0 Å². The quantitative estimate of drug-likeness (QED) is 0.0345.